The van der Waals surface area contributed by atoms with Crippen LogP contribution in [0.4, 0.5) is 0 Å². The van der Waals surface area contributed by atoms with Crippen molar-refractivity contribution in [3.63, 3.8) is 0 Å². The fourth-order valence-corrected chi connectivity index (χ4v) is 5.79. The molecular formula is C19H28O2. The average molecular weight is 290 g/mol. The second-order valence-corrected chi connectivity index (χ2v) is 8.12. The molecule has 0 heterocycles. The fraction of sp³-hybridized carbons (Fsp3) is 0.842. The molecule has 0 saturated heterocycles. The van der Waals surface area contributed by atoms with E-state index in [2.05, 4.69) is 6.92 Å². The van der Waals surface area contributed by atoms with E-state index in [0.29, 0.717) is 25.7 Å². The molecule has 0 unspecified atom stereocenters. The Kier molecular flexibility index (Phi) is 2.51. The summed E-state index contributed by atoms with van der Waals surface area (Å²) in [6, 6.07) is 0. The molecule has 0 aromatic carbocycles. The molecular weight excluding hydrogens is 260 g/mol. The van der Waals surface area contributed by atoms with Crippen molar-refractivity contribution in [1.82, 2.24) is 0 Å². The van der Waals surface area contributed by atoms with Gasteiger partial charge in [-0.1, -0.05) is 19.4 Å². The van der Waals surface area contributed by atoms with E-state index in [1.165, 1.54) is 5.57 Å². The summed E-state index contributed by atoms with van der Waals surface area (Å²) < 4.78 is 18.7. The maximum Gasteiger partial charge on any atom is 0.155 e. The van der Waals surface area contributed by atoms with Gasteiger partial charge in [0.1, 0.15) is 0 Å². The number of carbonyl (C=O) groups is 1. The first-order chi connectivity index (χ1) is 10.7. The number of allylic oxidation sites excluding steroid dienone is 1. The molecule has 4 rings (SSSR count). The number of carbonyl (C=O) groups excluding carboxylic acids is 1. The van der Waals surface area contributed by atoms with E-state index >= 15 is 0 Å². The van der Waals surface area contributed by atoms with Gasteiger partial charge in [0, 0.05) is 9.16 Å². The lowest BCUT2D eigenvalue weighted by molar-refractivity contribution is -0.118. The summed E-state index contributed by atoms with van der Waals surface area (Å²) in [5, 5.41) is 10.5. The molecule has 4 aliphatic carbocycles. The molecule has 3 saturated carbocycles. The van der Waals surface area contributed by atoms with E-state index < -0.39 is 23.3 Å². The van der Waals surface area contributed by atoms with Gasteiger partial charge in [-0.3, -0.25) is 4.79 Å². The van der Waals surface area contributed by atoms with Crippen molar-refractivity contribution < 1.29 is 12.6 Å². The summed E-state index contributed by atoms with van der Waals surface area (Å²) in [5.41, 5.74) is 0.678. The second-order valence-electron chi connectivity index (χ2n) is 8.12. The van der Waals surface area contributed by atoms with E-state index in [1.54, 1.807) is 0 Å². The van der Waals surface area contributed by atoms with Crippen molar-refractivity contribution in [2.24, 2.45) is 28.5 Å². The molecule has 0 aliphatic heterocycles. The zero-order chi connectivity index (χ0) is 16.7. The second kappa shape index (κ2) is 4.44. The monoisotopic (exact) mass is 290 g/mol. The highest BCUT2D eigenvalue weighted by molar-refractivity contribution is 5.91. The van der Waals surface area contributed by atoms with Crippen LogP contribution in [0.15, 0.2) is 11.6 Å². The molecule has 0 radical (unpaired) electrons. The van der Waals surface area contributed by atoms with Crippen LogP contribution in [0, 0.1) is 28.5 Å². The van der Waals surface area contributed by atoms with Crippen LogP contribution in [0.2, 0.25) is 0 Å². The zero-order valence-electron chi connectivity index (χ0n) is 15.2. The van der Waals surface area contributed by atoms with Crippen LogP contribution in [0.5, 0.6) is 0 Å². The molecule has 21 heavy (non-hydrogen) atoms. The Balaban J connectivity index is 1.81. The molecule has 2 nitrogen and oxygen atoms in total. The van der Waals surface area contributed by atoms with E-state index in [-0.39, 0.29) is 17.1 Å². The first-order valence-electron chi connectivity index (χ1n) is 9.59. The third kappa shape index (κ3) is 1.78. The van der Waals surface area contributed by atoms with E-state index in [4.69, 9.17) is 0 Å². The van der Waals surface area contributed by atoms with E-state index in [9.17, 15) is 12.6 Å². The summed E-state index contributed by atoms with van der Waals surface area (Å²) in [6.07, 6.45) is 7.28. The lowest BCUT2D eigenvalue weighted by Crippen LogP contribution is -2.51. The standard InChI is InChI=1S/C19H28O2/c1-18-9-7-13(20)11-12(18)3-4-14-15-5-6-17(21)19(15,2)10-8-16(14)18/h11,14-17,21H,3-10H2,1-2H3/t14-,15-,16-,17-,18-,19-/m0/s1/i14D,15D. The Morgan fingerprint density at radius 1 is 1.19 bits per heavy atom. The first-order valence-corrected chi connectivity index (χ1v) is 8.59. The average Bonchev–Trinajstić information content (AvgIpc) is 2.74. The van der Waals surface area contributed by atoms with Crippen molar-refractivity contribution in [2.45, 2.75) is 71.3 Å². The van der Waals surface area contributed by atoms with Crippen LogP contribution in [0.3, 0.4) is 0 Å². The van der Waals surface area contributed by atoms with Gasteiger partial charge in [-0.15, -0.1) is 0 Å². The number of hydrogen-bond acceptors (Lipinski definition) is 2. The number of aliphatic hydroxyl groups excluding tert-OH is 1. The molecule has 0 aromatic rings. The maximum absolute atomic E-state index is 11.8. The van der Waals surface area contributed by atoms with Gasteiger partial charge in [0.2, 0.25) is 0 Å². The van der Waals surface area contributed by atoms with Crippen molar-refractivity contribution in [3.05, 3.63) is 11.6 Å². The minimum Gasteiger partial charge on any atom is -0.393 e. The van der Waals surface area contributed by atoms with Crippen LogP contribution in [-0.4, -0.2) is 17.0 Å². The molecule has 1 N–H and O–H groups in total. The number of ketones is 1. The SMILES string of the molecule is [2H][C@@]12CC[C@H](O)[C@@]1(C)CC[C@@H]1[C@@]3(C)CCC(=O)C=C3CC[C@]12[2H]. The van der Waals surface area contributed by atoms with Crippen LogP contribution in [-0.2, 0) is 4.79 Å². The van der Waals surface area contributed by atoms with Gasteiger partial charge in [0.25, 0.3) is 0 Å². The minimum atomic E-state index is -0.863. The first kappa shape index (κ1) is 11.9. The third-order valence-corrected chi connectivity index (χ3v) is 7.25. The summed E-state index contributed by atoms with van der Waals surface area (Å²) in [7, 11) is 0. The Hall–Kier alpha value is -0.630. The topological polar surface area (TPSA) is 37.3 Å². The number of aliphatic hydroxyl groups is 1. The lowest BCUT2D eigenvalue weighted by atomic mass is 9.47. The number of rotatable bonds is 0. The summed E-state index contributed by atoms with van der Waals surface area (Å²) in [4.78, 5) is 11.8. The Labute approximate surface area is 130 Å². The minimum absolute atomic E-state index is 0.100. The summed E-state index contributed by atoms with van der Waals surface area (Å²) in [5.74, 6) is -1.30. The largest absolute Gasteiger partial charge is 0.393 e. The predicted molar refractivity (Wildman–Crippen MR) is 82.7 cm³/mol. The molecule has 2 heteroatoms. The normalized spacial score (nSPS) is 61.1. The Morgan fingerprint density at radius 2 is 2.00 bits per heavy atom. The quantitative estimate of drug-likeness (QED) is 0.735. The van der Waals surface area contributed by atoms with Gasteiger partial charge in [-0.05, 0) is 79.6 Å². The fourth-order valence-electron chi connectivity index (χ4n) is 5.79. The molecule has 116 valence electrons. The predicted octanol–water partition coefficient (Wildman–Crippen LogP) is 3.88. The van der Waals surface area contributed by atoms with Gasteiger partial charge in [0.15, 0.2) is 5.78 Å². The Morgan fingerprint density at radius 3 is 2.81 bits per heavy atom. The van der Waals surface area contributed by atoms with Crippen molar-refractivity contribution in [3.8, 4) is 0 Å². The molecule has 6 atom stereocenters. The molecule has 4 aliphatic rings. The van der Waals surface area contributed by atoms with Crippen molar-refractivity contribution >= 4 is 5.78 Å². The van der Waals surface area contributed by atoms with Crippen LogP contribution < -0.4 is 0 Å². The molecule has 3 fully saturated rings. The van der Waals surface area contributed by atoms with Gasteiger partial charge < -0.3 is 5.11 Å². The highest BCUT2D eigenvalue weighted by atomic mass is 16.3. The maximum atomic E-state index is 11.8. The third-order valence-electron chi connectivity index (χ3n) is 7.25. The van der Waals surface area contributed by atoms with Crippen molar-refractivity contribution in [1.29, 1.82) is 0 Å². The molecule has 0 spiro atoms. The van der Waals surface area contributed by atoms with Crippen LogP contribution in [0.1, 0.15) is 68.0 Å². The highest BCUT2D eigenvalue weighted by Crippen LogP contribution is 2.65. The molecule has 0 aromatic heterocycles. The van der Waals surface area contributed by atoms with Gasteiger partial charge in [-0.2, -0.15) is 0 Å². The van der Waals surface area contributed by atoms with Gasteiger partial charge >= 0.3 is 0 Å². The number of hydrogen-bond donors (Lipinski definition) is 1. The van der Waals surface area contributed by atoms with Crippen LogP contribution >= 0.6 is 0 Å². The smallest absolute Gasteiger partial charge is 0.155 e. The lowest BCUT2D eigenvalue weighted by Gasteiger charge is -2.57. The summed E-state index contributed by atoms with van der Waals surface area (Å²) >= 11 is 0. The van der Waals surface area contributed by atoms with E-state index in [1.807, 2.05) is 13.0 Å². The van der Waals surface area contributed by atoms with Gasteiger partial charge in [-0.25, -0.2) is 0 Å². The van der Waals surface area contributed by atoms with Gasteiger partial charge in [0.05, 0.1) is 6.10 Å². The zero-order valence-corrected chi connectivity index (χ0v) is 13.2. The van der Waals surface area contributed by atoms with E-state index in [0.717, 1.165) is 25.7 Å². The van der Waals surface area contributed by atoms with Crippen molar-refractivity contribution in [2.75, 3.05) is 0 Å². The number of fused-ring (bicyclic) bond motifs is 5. The summed E-state index contributed by atoms with van der Waals surface area (Å²) in [6.45, 7) is 4.28. The highest BCUT2D eigenvalue weighted by Gasteiger charge is 2.58. The Bertz CT molecular complexity index is 602. The van der Waals surface area contributed by atoms with Crippen LogP contribution in [0.25, 0.3) is 0 Å². The molecule has 0 bridgehead atoms. The molecule has 0 amide bonds.